The van der Waals surface area contributed by atoms with Gasteiger partial charge in [0.15, 0.2) is 6.29 Å². The zero-order chi connectivity index (χ0) is 36.5. The van der Waals surface area contributed by atoms with Crippen molar-refractivity contribution in [1.29, 1.82) is 0 Å². The molecule has 0 saturated carbocycles. The van der Waals surface area contributed by atoms with Crippen molar-refractivity contribution in [3.63, 3.8) is 0 Å². The van der Waals surface area contributed by atoms with Crippen LogP contribution in [0.1, 0.15) is 181 Å². The molecule has 1 rings (SSSR count). The molecule has 6 unspecified atom stereocenters. The number of aliphatic hydroxyl groups excluding tert-OH is 4. The molecule has 50 heavy (non-hydrogen) atoms. The second-order valence-corrected chi connectivity index (χ2v) is 14.4. The Kier molecular flexibility index (Phi) is 31.7. The highest BCUT2D eigenvalue weighted by atomic mass is 16.7. The molecule has 1 heterocycles. The highest BCUT2D eigenvalue weighted by Gasteiger charge is 2.44. The standard InChI is InChI=1S/C41H78O9/c1-3-5-7-9-10-11-12-13-14-15-16-17-18-19-20-21-22-23-24-25-27-29-31-47-33-35(49-37(43)30-28-26-8-6-4-2)34-48-41-40(46)39(45)38(44)36(32-42)50-41/h15-16,35-36,38-42,44-46H,3-14,17-34H2,1-2H3/b16-15-. The van der Waals surface area contributed by atoms with Crippen LogP contribution in [0.25, 0.3) is 0 Å². The summed E-state index contributed by atoms with van der Waals surface area (Å²) in [5.74, 6) is -0.325. The first-order valence-electron chi connectivity index (χ1n) is 20.8. The molecule has 0 aromatic rings. The highest BCUT2D eigenvalue weighted by Crippen LogP contribution is 2.22. The molecule has 1 fully saturated rings. The Morgan fingerprint density at radius 1 is 0.620 bits per heavy atom. The summed E-state index contributed by atoms with van der Waals surface area (Å²) in [6.45, 7) is 4.48. The molecule has 4 N–H and O–H groups in total. The van der Waals surface area contributed by atoms with Crippen molar-refractivity contribution in [3.8, 4) is 0 Å². The molecule has 1 aliphatic heterocycles. The minimum Gasteiger partial charge on any atom is -0.457 e. The van der Waals surface area contributed by atoms with E-state index in [1.165, 1.54) is 116 Å². The first kappa shape index (κ1) is 47.0. The molecule has 6 atom stereocenters. The summed E-state index contributed by atoms with van der Waals surface area (Å²) >= 11 is 0. The van der Waals surface area contributed by atoms with Crippen LogP contribution >= 0.6 is 0 Å². The summed E-state index contributed by atoms with van der Waals surface area (Å²) in [6.07, 6.45) is 28.6. The van der Waals surface area contributed by atoms with Crippen LogP contribution in [0.3, 0.4) is 0 Å². The normalized spacial score (nSPS) is 21.6. The van der Waals surface area contributed by atoms with Crippen molar-refractivity contribution in [2.45, 2.75) is 218 Å². The average Bonchev–Trinajstić information content (AvgIpc) is 3.11. The largest absolute Gasteiger partial charge is 0.457 e. The molecule has 296 valence electrons. The summed E-state index contributed by atoms with van der Waals surface area (Å²) in [5, 5.41) is 39.8. The van der Waals surface area contributed by atoms with Gasteiger partial charge < -0.3 is 39.4 Å². The van der Waals surface area contributed by atoms with E-state index >= 15 is 0 Å². The Bertz CT molecular complexity index is 777. The maximum atomic E-state index is 12.5. The third kappa shape index (κ3) is 25.0. The number of rotatable bonds is 35. The Morgan fingerprint density at radius 3 is 1.62 bits per heavy atom. The zero-order valence-corrected chi connectivity index (χ0v) is 32.2. The van der Waals surface area contributed by atoms with Gasteiger partial charge in [-0.25, -0.2) is 0 Å². The van der Waals surface area contributed by atoms with Crippen molar-refractivity contribution in [2.24, 2.45) is 0 Å². The Hall–Kier alpha value is -1.07. The first-order chi connectivity index (χ1) is 24.4. The van der Waals surface area contributed by atoms with Gasteiger partial charge >= 0.3 is 5.97 Å². The van der Waals surface area contributed by atoms with Crippen LogP contribution in [0.15, 0.2) is 12.2 Å². The van der Waals surface area contributed by atoms with E-state index in [9.17, 15) is 25.2 Å². The Labute approximate surface area is 305 Å². The minimum absolute atomic E-state index is 0.111. The van der Waals surface area contributed by atoms with Gasteiger partial charge in [0.25, 0.3) is 0 Å². The predicted octanol–water partition coefficient (Wildman–Crippen LogP) is 8.47. The van der Waals surface area contributed by atoms with Gasteiger partial charge in [0.05, 0.1) is 19.8 Å². The number of ether oxygens (including phenoxy) is 4. The molecule has 0 spiro atoms. The summed E-state index contributed by atoms with van der Waals surface area (Å²) in [5.41, 5.74) is 0. The topological polar surface area (TPSA) is 135 Å². The lowest BCUT2D eigenvalue weighted by Gasteiger charge is -2.39. The summed E-state index contributed by atoms with van der Waals surface area (Å²) < 4.78 is 22.6. The van der Waals surface area contributed by atoms with Gasteiger partial charge in [-0.15, -0.1) is 0 Å². The molecule has 0 amide bonds. The van der Waals surface area contributed by atoms with Gasteiger partial charge in [0.1, 0.15) is 30.5 Å². The third-order valence-electron chi connectivity index (χ3n) is 9.68. The van der Waals surface area contributed by atoms with Crippen LogP contribution in [-0.2, 0) is 23.7 Å². The molecular weight excluding hydrogens is 636 g/mol. The lowest BCUT2D eigenvalue weighted by atomic mass is 9.99. The van der Waals surface area contributed by atoms with E-state index in [1.807, 2.05) is 0 Å². The smallest absolute Gasteiger partial charge is 0.306 e. The van der Waals surface area contributed by atoms with Crippen molar-refractivity contribution in [2.75, 3.05) is 26.4 Å². The molecule has 0 bridgehead atoms. The summed E-state index contributed by atoms with van der Waals surface area (Å²) in [4.78, 5) is 12.5. The van der Waals surface area contributed by atoms with E-state index in [0.717, 1.165) is 44.9 Å². The van der Waals surface area contributed by atoms with Crippen LogP contribution < -0.4 is 0 Å². The Morgan fingerprint density at radius 2 is 1.10 bits per heavy atom. The number of allylic oxidation sites excluding steroid dienone is 2. The van der Waals surface area contributed by atoms with E-state index in [0.29, 0.717) is 13.0 Å². The number of hydrogen-bond acceptors (Lipinski definition) is 9. The van der Waals surface area contributed by atoms with Crippen LogP contribution in [0.5, 0.6) is 0 Å². The molecule has 1 aliphatic rings. The van der Waals surface area contributed by atoms with Crippen LogP contribution in [0.4, 0.5) is 0 Å². The summed E-state index contributed by atoms with van der Waals surface area (Å²) in [6, 6.07) is 0. The van der Waals surface area contributed by atoms with Crippen molar-refractivity contribution >= 4 is 5.97 Å². The van der Waals surface area contributed by atoms with Crippen LogP contribution in [-0.4, -0.2) is 89.6 Å². The zero-order valence-electron chi connectivity index (χ0n) is 32.2. The Balaban J connectivity index is 2.12. The first-order valence-corrected chi connectivity index (χ1v) is 20.8. The molecule has 9 heteroatoms. The molecule has 0 aromatic heterocycles. The highest BCUT2D eigenvalue weighted by molar-refractivity contribution is 5.69. The van der Waals surface area contributed by atoms with Gasteiger partial charge in [-0.1, -0.05) is 148 Å². The van der Waals surface area contributed by atoms with Crippen molar-refractivity contribution in [3.05, 3.63) is 12.2 Å². The molecular formula is C41H78O9. The lowest BCUT2D eigenvalue weighted by molar-refractivity contribution is -0.305. The molecule has 0 aromatic carbocycles. The number of carbonyl (C=O) groups excluding carboxylic acids is 1. The fourth-order valence-corrected chi connectivity index (χ4v) is 6.37. The van der Waals surface area contributed by atoms with Crippen molar-refractivity contribution < 1.29 is 44.2 Å². The number of esters is 1. The van der Waals surface area contributed by atoms with Gasteiger partial charge in [-0.05, 0) is 38.5 Å². The molecule has 1 saturated heterocycles. The molecule has 9 nitrogen and oxygen atoms in total. The summed E-state index contributed by atoms with van der Waals surface area (Å²) in [7, 11) is 0. The van der Waals surface area contributed by atoms with E-state index in [-0.39, 0.29) is 19.2 Å². The van der Waals surface area contributed by atoms with E-state index in [4.69, 9.17) is 18.9 Å². The molecule has 0 aliphatic carbocycles. The van der Waals surface area contributed by atoms with Gasteiger partial charge in [-0.2, -0.15) is 0 Å². The van der Waals surface area contributed by atoms with E-state index in [2.05, 4.69) is 26.0 Å². The quantitative estimate of drug-likeness (QED) is 0.0290. The number of hydrogen-bond donors (Lipinski definition) is 4. The number of carbonyl (C=O) groups is 1. The van der Waals surface area contributed by atoms with E-state index in [1.54, 1.807) is 0 Å². The number of unbranched alkanes of at least 4 members (excludes halogenated alkanes) is 22. The van der Waals surface area contributed by atoms with Crippen LogP contribution in [0, 0.1) is 0 Å². The van der Waals surface area contributed by atoms with Gasteiger partial charge in [0.2, 0.25) is 0 Å². The average molecular weight is 715 g/mol. The fourth-order valence-electron chi connectivity index (χ4n) is 6.37. The monoisotopic (exact) mass is 715 g/mol. The SMILES string of the molecule is CCCCCCCCCC/C=C\CCCCCCCCCCCCOCC(COC1OC(CO)C(O)C(O)C1O)OC(=O)CCCCCCC. The lowest BCUT2D eigenvalue weighted by Crippen LogP contribution is -2.59. The predicted molar refractivity (Wildman–Crippen MR) is 201 cm³/mol. The minimum atomic E-state index is -1.53. The van der Waals surface area contributed by atoms with Gasteiger partial charge in [0, 0.05) is 13.0 Å². The van der Waals surface area contributed by atoms with Crippen molar-refractivity contribution in [1.82, 2.24) is 0 Å². The van der Waals surface area contributed by atoms with E-state index < -0.39 is 43.4 Å². The fraction of sp³-hybridized carbons (Fsp3) is 0.927. The third-order valence-corrected chi connectivity index (χ3v) is 9.68. The second-order valence-electron chi connectivity index (χ2n) is 14.4. The second kappa shape index (κ2) is 33.7. The number of aliphatic hydroxyl groups is 4. The maximum Gasteiger partial charge on any atom is 0.306 e. The molecule has 0 radical (unpaired) electrons. The maximum absolute atomic E-state index is 12.5. The van der Waals surface area contributed by atoms with Gasteiger partial charge in [-0.3, -0.25) is 4.79 Å². The van der Waals surface area contributed by atoms with Crippen LogP contribution in [0.2, 0.25) is 0 Å².